The van der Waals surface area contributed by atoms with Crippen LogP contribution in [0, 0.1) is 0 Å². The van der Waals surface area contributed by atoms with E-state index in [1.165, 1.54) is 24.3 Å². The molecule has 0 aromatic carbocycles. The minimum absolute atomic E-state index is 0.246. The number of thiazole rings is 1. The van der Waals surface area contributed by atoms with Crippen LogP contribution in [0.15, 0.2) is 17.7 Å². The lowest BCUT2D eigenvalue weighted by atomic mass is 10.2. The van der Waals surface area contributed by atoms with Gasteiger partial charge >= 0.3 is 5.97 Å². The maximum absolute atomic E-state index is 11.7. The molecule has 3 N–H and O–H groups in total. The third-order valence-corrected chi connectivity index (χ3v) is 3.73. The summed E-state index contributed by atoms with van der Waals surface area (Å²) in [5, 5.41) is 22.4. The molecule has 0 radical (unpaired) electrons. The normalized spacial score (nSPS) is 14.4. The van der Waals surface area contributed by atoms with Gasteiger partial charge in [0.05, 0.1) is 11.8 Å². The largest absolute Gasteiger partial charge is 0.480 e. The van der Waals surface area contributed by atoms with Crippen LogP contribution in [-0.2, 0) is 9.59 Å². The second kappa shape index (κ2) is 6.25. The van der Waals surface area contributed by atoms with Crippen molar-refractivity contribution in [1.29, 1.82) is 0 Å². The maximum atomic E-state index is 11.7. The fourth-order valence-electron chi connectivity index (χ4n) is 1.67. The number of aromatic nitrogens is 2. The summed E-state index contributed by atoms with van der Waals surface area (Å²) in [5.41, 5.74) is 0.520. The van der Waals surface area contributed by atoms with E-state index in [4.69, 9.17) is 16.7 Å². The van der Waals surface area contributed by atoms with Gasteiger partial charge in [0.15, 0.2) is 16.2 Å². The van der Waals surface area contributed by atoms with E-state index in [1.54, 1.807) is 10.6 Å². The topological polar surface area (TPSA) is 104 Å². The van der Waals surface area contributed by atoms with Gasteiger partial charge in [-0.15, -0.1) is 11.3 Å². The first kappa shape index (κ1) is 15.5. The Kier molecular flexibility index (Phi) is 4.61. The number of hydrogen-bond acceptors (Lipinski definition) is 5. The fraction of sp³-hybridized carbons (Fsp3) is 0.250. The highest BCUT2D eigenvalue weighted by molar-refractivity contribution is 7.15. The molecule has 21 heavy (non-hydrogen) atoms. The summed E-state index contributed by atoms with van der Waals surface area (Å²) < 4.78 is 1.71. The lowest BCUT2D eigenvalue weighted by Gasteiger charge is -2.15. The number of aliphatic hydroxyl groups is 1. The number of nitrogens with one attached hydrogen (secondary N) is 1. The maximum Gasteiger partial charge on any atom is 0.328 e. The Labute approximate surface area is 128 Å². The van der Waals surface area contributed by atoms with Crippen molar-refractivity contribution >= 4 is 45.9 Å². The lowest BCUT2D eigenvalue weighted by molar-refractivity contribution is -0.144. The van der Waals surface area contributed by atoms with Crippen molar-refractivity contribution in [2.75, 3.05) is 0 Å². The van der Waals surface area contributed by atoms with E-state index in [2.05, 4.69) is 10.3 Å². The molecule has 1 amide bonds. The molecule has 0 saturated carbocycles. The number of aliphatic hydroxyl groups excluding tert-OH is 1. The van der Waals surface area contributed by atoms with E-state index in [9.17, 15) is 14.7 Å². The zero-order chi connectivity index (χ0) is 15.6. The Morgan fingerprint density at radius 3 is 2.90 bits per heavy atom. The summed E-state index contributed by atoms with van der Waals surface area (Å²) >= 11 is 7.35. The number of carbonyl (C=O) groups is 2. The van der Waals surface area contributed by atoms with Crippen LogP contribution in [-0.4, -0.2) is 43.6 Å². The predicted molar refractivity (Wildman–Crippen MR) is 78.4 cm³/mol. The molecule has 7 nitrogen and oxygen atoms in total. The minimum Gasteiger partial charge on any atom is -0.480 e. The molecule has 2 atom stereocenters. The number of halogens is 1. The van der Waals surface area contributed by atoms with Gasteiger partial charge in [-0.05, 0) is 13.0 Å². The molecule has 0 aliphatic heterocycles. The Hall–Kier alpha value is -1.90. The van der Waals surface area contributed by atoms with E-state index in [0.717, 1.165) is 6.08 Å². The Balaban J connectivity index is 2.13. The van der Waals surface area contributed by atoms with E-state index in [0.29, 0.717) is 10.7 Å². The summed E-state index contributed by atoms with van der Waals surface area (Å²) in [6.45, 7) is 1.28. The van der Waals surface area contributed by atoms with Gasteiger partial charge in [-0.1, -0.05) is 11.6 Å². The third kappa shape index (κ3) is 3.41. The SMILES string of the molecule is CC(O)C(NC(=O)/C=C/c1c(Cl)nc2sccn12)C(=O)O. The van der Waals surface area contributed by atoms with Gasteiger partial charge in [0.1, 0.15) is 0 Å². The van der Waals surface area contributed by atoms with Crippen molar-refractivity contribution in [3.63, 3.8) is 0 Å². The average Bonchev–Trinajstić information content (AvgIpc) is 2.93. The summed E-state index contributed by atoms with van der Waals surface area (Å²) in [7, 11) is 0. The number of imidazole rings is 1. The first-order chi connectivity index (χ1) is 9.90. The van der Waals surface area contributed by atoms with Crippen LogP contribution in [0.2, 0.25) is 5.15 Å². The highest BCUT2D eigenvalue weighted by atomic mass is 35.5. The second-order valence-electron chi connectivity index (χ2n) is 4.24. The van der Waals surface area contributed by atoms with Crippen LogP contribution in [0.1, 0.15) is 12.6 Å². The molecule has 2 heterocycles. The van der Waals surface area contributed by atoms with Crippen LogP contribution in [0.4, 0.5) is 0 Å². The quantitative estimate of drug-likeness (QED) is 0.710. The minimum atomic E-state index is -1.37. The van der Waals surface area contributed by atoms with E-state index in [1.807, 2.05) is 5.38 Å². The summed E-state index contributed by atoms with van der Waals surface area (Å²) in [5.74, 6) is -1.96. The number of aliphatic carboxylic acids is 1. The molecule has 0 aliphatic carbocycles. The molecule has 0 spiro atoms. The van der Waals surface area contributed by atoms with Crippen molar-refractivity contribution < 1.29 is 19.8 Å². The Morgan fingerprint density at radius 2 is 2.29 bits per heavy atom. The van der Waals surface area contributed by atoms with E-state index in [-0.39, 0.29) is 5.15 Å². The number of carbonyl (C=O) groups excluding carboxylic acids is 1. The first-order valence-electron chi connectivity index (χ1n) is 5.90. The molecule has 2 unspecified atom stereocenters. The molecule has 0 aliphatic rings. The predicted octanol–water partition coefficient (Wildman–Crippen LogP) is 1.01. The highest BCUT2D eigenvalue weighted by Crippen LogP contribution is 2.22. The van der Waals surface area contributed by atoms with Crippen molar-refractivity contribution in [2.24, 2.45) is 0 Å². The summed E-state index contributed by atoms with van der Waals surface area (Å²) in [4.78, 5) is 27.4. The van der Waals surface area contributed by atoms with Gasteiger partial charge < -0.3 is 15.5 Å². The van der Waals surface area contributed by atoms with Gasteiger partial charge in [-0.25, -0.2) is 9.78 Å². The monoisotopic (exact) mass is 329 g/mol. The first-order valence-corrected chi connectivity index (χ1v) is 7.16. The van der Waals surface area contributed by atoms with Crippen LogP contribution in [0.5, 0.6) is 0 Å². The molecule has 112 valence electrons. The summed E-state index contributed by atoms with van der Waals surface area (Å²) in [6.07, 6.45) is 3.13. The molecular weight excluding hydrogens is 318 g/mol. The van der Waals surface area contributed by atoms with Crippen LogP contribution < -0.4 is 5.32 Å². The van der Waals surface area contributed by atoms with Crippen LogP contribution >= 0.6 is 22.9 Å². The Bertz CT molecular complexity index is 706. The molecule has 0 fully saturated rings. The number of amides is 1. The van der Waals surface area contributed by atoms with Crippen molar-refractivity contribution in [3.8, 4) is 0 Å². The smallest absolute Gasteiger partial charge is 0.328 e. The lowest BCUT2D eigenvalue weighted by Crippen LogP contribution is -2.47. The zero-order valence-electron chi connectivity index (χ0n) is 10.9. The summed E-state index contributed by atoms with van der Waals surface area (Å²) in [6, 6.07) is -1.37. The molecule has 0 saturated heterocycles. The molecule has 2 rings (SSSR count). The number of carboxylic acid groups (broad SMARTS) is 1. The number of rotatable bonds is 5. The van der Waals surface area contributed by atoms with Gasteiger partial charge in [0, 0.05) is 17.7 Å². The standard InChI is InChI=1S/C12H12ClN3O4S/c1-6(17)9(11(19)20)14-8(18)3-2-7-10(13)15-12-16(7)4-5-21-12/h2-6,9,17H,1H3,(H,14,18)(H,19,20)/b3-2+. The fourth-order valence-corrected chi connectivity index (χ4v) is 2.68. The molecule has 2 aromatic rings. The van der Waals surface area contributed by atoms with Crippen molar-refractivity contribution in [1.82, 2.24) is 14.7 Å². The van der Waals surface area contributed by atoms with E-state index >= 15 is 0 Å². The number of carboxylic acids is 1. The Morgan fingerprint density at radius 1 is 1.57 bits per heavy atom. The molecule has 9 heteroatoms. The van der Waals surface area contributed by atoms with Gasteiger partial charge in [-0.2, -0.15) is 0 Å². The van der Waals surface area contributed by atoms with Crippen LogP contribution in [0.3, 0.4) is 0 Å². The molecular formula is C12H12ClN3O4S. The highest BCUT2D eigenvalue weighted by Gasteiger charge is 2.24. The van der Waals surface area contributed by atoms with Crippen molar-refractivity contribution in [3.05, 3.63) is 28.5 Å². The van der Waals surface area contributed by atoms with Crippen molar-refractivity contribution in [2.45, 2.75) is 19.1 Å². The molecule has 0 bridgehead atoms. The average molecular weight is 330 g/mol. The number of fused-ring (bicyclic) bond motifs is 1. The third-order valence-electron chi connectivity index (χ3n) is 2.69. The number of hydrogen-bond donors (Lipinski definition) is 3. The van der Waals surface area contributed by atoms with E-state index < -0.39 is 24.0 Å². The van der Waals surface area contributed by atoms with Gasteiger partial charge in [0.2, 0.25) is 5.91 Å². The van der Waals surface area contributed by atoms with Crippen LogP contribution in [0.25, 0.3) is 11.0 Å². The van der Waals surface area contributed by atoms with Gasteiger partial charge in [0.25, 0.3) is 0 Å². The van der Waals surface area contributed by atoms with Gasteiger partial charge in [-0.3, -0.25) is 9.20 Å². The number of nitrogens with zero attached hydrogens (tertiary/aromatic N) is 2. The second-order valence-corrected chi connectivity index (χ2v) is 5.47. The molecule has 2 aromatic heterocycles. The zero-order valence-corrected chi connectivity index (χ0v) is 12.4.